The monoisotopic (exact) mass is 327 g/mol. The van der Waals surface area contributed by atoms with Crippen LogP contribution in [0.25, 0.3) is 6.08 Å². The highest BCUT2D eigenvalue weighted by atomic mass is 16.5. The van der Waals surface area contributed by atoms with Crippen LogP contribution < -0.4 is 0 Å². The Morgan fingerprint density at radius 3 is 2.38 bits per heavy atom. The standard InChI is InChI=1S/C20H25NO3/c1-6-24-20(23)18-15(5)21(12-13(2)3)19(22)17(18)11-16-9-7-14(4)8-10-16/h7-11,13H,6,12H2,1-5H3/b17-11+. The molecule has 24 heavy (non-hydrogen) atoms. The molecule has 0 aromatic heterocycles. The molecule has 0 bridgehead atoms. The number of hydrogen-bond acceptors (Lipinski definition) is 3. The van der Waals surface area contributed by atoms with E-state index >= 15 is 0 Å². The fraction of sp³-hybridized carbons (Fsp3) is 0.400. The van der Waals surface area contributed by atoms with Crippen molar-refractivity contribution in [3.63, 3.8) is 0 Å². The molecule has 1 aromatic rings. The first-order valence-corrected chi connectivity index (χ1v) is 8.33. The molecule has 0 spiro atoms. The molecule has 0 radical (unpaired) electrons. The number of carbonyl (C=O) groups excluding carboxylic acids is 2. The number of allylic oxidation sites excluding steroid dienone is 1. The van der Waals surface area contributed by atoms with Crippen LogP contribution in [0.2, 0.25) is 0 Å². The van der Waals surface area contributed by atoms with E-state index in [9.17, 15) is 9.59 Å². The minimum Gasteiger partial charge on any atom is -0.462 e. The lowest BCUT2D eigenvalue weighted by Crippen LogP contribution is -2.28. The Morgan fingerprint density at radius 2 is 1.83 bits per heavy atom. The fourth-order valence-electron chi connectivity index (χ4n) is 2.74. The van der Waals surface area contributed by atoms with Gasteiger partial charge in [0.25, 0.3) is 5.91 Å². The van der Waals surface area contributed by atoms with Crippen LogP contribution in [0.5, 0.6) is 0 Å². The first-order valence-electron chi connectivity index (χ1n) is 8.33. The van der Waals surface area contributed by atoms with Gasteiger partial charge in [-0.1, -0.05) is 43.7 Å². The minimum absolute atomic E-state index is 0.134. The molecule has 1 aliphatic heterocycles. The molecule has 1 aliphatic rings. The molecule has 0 fully saturated rings. The summed E-state index contributed by atoms with van der Waals surface area (Å²) in [6, 6.07) is 7.86. The lowest BCUT2D eigenvalue weighted by Gasteiger charge is -2.19. The molecule has 0 saturated heterocycles. The summed E-state index contributed by atoms with van der Waals surface area (Å²) >= 11 is 0. The first-order chi connectivity index (χ1) is 11.3. The summed E-state index contributed by atoms with van der Waals surface area (Å²) in [4.78, 5) is 26.9. The van der Waals surface area contributed by atoms with Crippen LogP contribution in [-0.4, -0.2) is 29.9 Å². The first kappa shape index (κ1) is 18.0. The Balaban J connectivity index is 2.48. The van der Waals surface area contributed by atoms with Crippen molar-refractivity contribution in [2.45, 2.75) is 34.6 Å². The molecule has 0 aliphatic carbocycles. The van der Waals surface area contributed by atoms with Crippen LogP contribution in [0.3, 0.4) is 0 Å². The fourth-order valence-corrected chi connectivity index (χ4v) is 2.74. The maximum Gasteiger partial charge on any atom is 0.340 e. The van der Waals surface area contributed by atoms with Crippen LogP contribution in [-0.2, 0) is 14.3 Å². The van der Waals surface area contributed by atoms with Crippen LogP contribution >= 0.6 is 0 Å². The van der Waals surface area contributed by atoms with Crippen LogP contribution in [0.15, 0.2) is 41.1 Å². The van der Waals surface area contributed by atoms with E-state index in [1.165, 1.54) is 0 Å². The van der Waals surface area contributed by atoms with Crippen LogP contribution in [0.4, 0.5) is 0 Å². The Morgan fingerprint density at radius 1 is 1.21 bits per heavy atom. The van der Waals surface area contributed by atoms with Crippen molar-refractivity contribution in [2.75, 3.05) is 13.2 Å². The molecular formula is C20H25NO3. The molecule has 0 atom stereocenters. The molecule has 2 rings (SSSR count). The second-order valence-electron chi connectivity index (χ2n) is 6.46. The van der Waals surface area contributed by atoms with Crippen molar-refractivity contribution in [3.8, 4) is 0 Å². The Bertz CT molecular complexity index is 696. The van der Waals surface area contributed by atoms with E-state index in [2.05, 4.69) is 0 Å². The van der Waals surface area contributed by atoms with E-state index in [1.807, 2.05) is 52.0 Å². The van der Waals surface area contributed by atoms with Gasteiger partial charge < -0.3 is 9.64 Å². The van der Waals surface area contributed by atoms with Gasteiger partial charge in [0, 0.05) is 12.2 Å². The molecule has 0 N–H and O–H groups in total. The summed E-state index contributed by atoms with van der Waals surface area (Å²) in [6.07, 6.45) is 1.78. The maximum absolute atomic E-state index is 12.9. The number of ether oxygens (including phenoxy) is 1. The molecule has 1 amide bonds. The molecule has 1 heterocycles. The summed E-state index contributed by atoms with van der Waals surface area (Å²) in [5.41, 5.74) is 3.50. The van der Waals surface area contributed by atoms with Gasteiger partial charge >= 0.3 is 5.97 Å². The molecule has 4 nitrogen and oxygen atoms in total. The number of benzene rings is 1. The van der Waals surface area contributed by atoms with E-state index in [0.29, 0.717) is 29.3 Å². The second kappa shape index (κ2) is 7.47. The molecule has 1 aromatic carbocycles. The molecule has 128 valence electrons. The molecular weight excluding hydrogens is 302 g/mol. The second-order valence-corrected chi connectivity index (χ2v) is 6.46. The van der Waals surface area contributed by atoms with Gasteiger partial charge in [-0.25, -0.2) is 4.79 Å². The predicted molar refractivity (Wildman–Crippen MR) is 95.0 cm³/mol. The quantitative estimate of drug-likeness (QED) is 0.612. The van der Waals surface area contributed by atoms with E-state index in [1.54, 1.807) is 17.9 Å². The van der Waals surface area contributed by atoms with Crippen LogP contribution in [0, 0.1) is 12.8 Å². The average molecular weight is 327 g/mol. The smallest absolute Gasteiger partial charge is 0.340 e. The SMILES string of the molecule is CCOC(=O)C1=C(C)N(CC(C)C)C(=O)/C1=C/c1ccc(C)cc1. The Hall–Kier alpha value is -2.36. The van der Waals surface area contributed by atoms with E-state index in [0.717, 1.165) is 11.1 Å². The largest absolute Gasteiger partial charge is 0.462 e. The van der Waals surface area contributed by atoms with Gasteiger partial charge in [0.05, 0.1) is 17.8 Å². The summed E-state index contributed by atoms with van der Waals surface area (Å²) in [5.74, 6) is -0.260. The maximum atomic E-state index is 12.9. The van der Waals surface area contributed by atoms with E-state index < -0.39 is 5.97 Å². The summed E-state index contributed by atoms with van der Waals surface area (Å²) in [5, 5.41) is 0. The van der Waals surface area contributed by atoms with Gasteiger partial charge in [-0.05, 0) is 38.3 Å². The van der Waals surface area contributed by atoms with E-state index in [-0.39, 0.29) is 12.5 Å². The number of nitrogens with zero attached hydrogens (tertiary/aromatic N) is 1. The highest BCUT2D eigenvalue weighted by molar-refractivity contribution is 6.16. The number of aryl methyl sites for hydroxylation is 1. The van der Waals surface area contributed by atoms with Gasteiger partial charge in [-0.3, -0.25) is 4.79 Å². The zero-order chi connectivity index (χ0) is 17.9. The van der Waals surface area contributed by atoms with Crippen molar-refractivity contribution < 1.29 is 14.3 Å². The summed E-state index contributed by atoms with van der Waals surface area (Å²) < 4.78 is 5.17. The third-order valence-corrected chi connectivity index (χ3v) is 3.93. The van der Waals surface area contributed by atoms with Gasteiger partial charge in [0.1, 0.15) is 0 Å². The lowest BCUT2D eigenvalue weighted by molar-refractivity contribution is -0.138. The lowest BCUT2D eigenvalue weighted by atomic mass is 10.0. The predicted octanol–water partition coefficient (Wildman–Crippen LogP) is 3.71. The number of esters is 1. The molecule has 0 saturated carbocycles. The van der Waals surface area contributed by atoms with Crippen molar-refractivity contribution in [3.05, 3.63) is 52.2 Å². The van der Waals surface area contributed by atoms with E-state index in [4.69, 9.17) is 4.74 Å². The molecule has 4 heteroatoms. The minimum atomic E-state index is -0.437. The van der Waals surface area contributed by atoms with Gasteiger partial charge in [0.2, 0.25) is 0 Å². The van der Waals surface area contributed by atoms with Gasteiger partial charge in [0.15, 0.2) is 0 Å². The number of hydrogen-bond donors (Lipinski definition) is 0. The van der Waals surface area contributed by atoms with Crippen molar-refractivity contribution >= 4 is 18.0 Å². The number of amides is 1. The average Bonchev–Trinajstić information content (AvgIpc) is 2.74. The van der Waals surface area contributed by atoms with Gasteiger partial charge in [-0.2, -0.15) is 0 Å². The van der Waals surface area contributed by atoms with Crippen molar-refractivity contribution in [1.29, 1.82) is 0 Å². The number of rotatable bonds is 5. The van der Waals surface area contributed by atoms with Crippen LogP contribution in [0.1, 0.15) is 38.8 Å². The molecule has 0 unspecified atom stereocenters. The highest BCUT2D eigenvalue weighted by Gasteiger charge is 2.37. The number of carbonyl (C=O) groups is 2. The summed E-state index contributed by atoms with van der Waals surface area (Å²) in [6.45, 7) is 10.5. The summed E-state index contributed by atoms with van der Waals surface area (Å²) in [7, 11) is 0. The van der Waals surface area contributed by atoms with Crippen molar-refractivity contribution in [2.24, 2.45) is 5.92 Å². The normalized spacial score (nSPS) is 16.5. The zero-order valence-corrected chi connectivity index (χ0v) is 15.1. The highest BCUT2D eigenvalue weighted by Crippen LogP contribution is 2.32. The topological polar surface area (TPSA) is 46.6 Å². The van der Waals surface area contributed by atoms with Crippen molar-refractivity contribution in [1.82, 2.24) is 4.90 Å². The zero-order valence-electron chi connectivity index (χ0n) is 15.1. The van der Waals surface area contributed by atoms with Gasteiger partial charge in [-0.15, -0.1) is 0 Å². The Kier molecular flexibility index (Phi) is 5.60. The third-order valence-electron chi connectivity index (χ3n) is 3.93. The Labute approximate surface area is 143 Å². The third kappa shape index (κ3) is 3.75.